The average molecular weight is 349 g/mol. The molecule has 10 heteroatoms. The van der Waals surface area contributed by atoms with Crippen molar-refractivity contribution in [3.8, 4) is 0 Å². The van der Waals surface area contributed by atoms with E-state index in [1.54, 1.807) is 6.92 Å². The number of rotatable bonds is 6. The van der Waals surface area contributed by atoms with E-state index in [-0.39, 0.29) is 37.2 Å². The van der Waals surface area contributed by atoms with Gasteiger partial charge in [0.2, 0.25) is 5.89 Å². The third-order valence-electron chi connectivity index (χ3n) is 3.67. The molecule has 0 atom stereocenters. The molecule has 1 aromatic rings. The summed E-state index contributed by atoms with van der Waals surface area (Å²) in [5.74, 6) is -2.43. The zero-order chi connectivity index (χ0) is 17.7. The van der Waals surface area contributed by atoms with Gasteiger partial charge >= 0.3 is 18.0 Å². The van der Waals surface area contributed by atoms with Crippen LogP contribution in [0.5, 0.6) is 0 Å². The zero-order valence-corrected chi connectivity index (χ0v) is 13.1. The number of ether oxygens (including phenoxy) is 1. The molecule has 1 aliphatic rings. The topological polar surface area (TPSA) is 85.5 Å². The maximum Gasteiger partial charge on any atom is 0.470 e. The second-order valence-electron chi connectivity index (χ2n) is 5.51. The Labute approximate surface area is 136 Å². The summed E-state index contributed by atoms with van der Waals surface area (Å²) in [6.45, 7) is 3.01. The maximum absolute atomic E-state index is 12.5. The van der Waals surface area contributed by atoms with Gasteiger partial charge in [0, 0.05) is 5.92 Å². The number of halogens is 3. The first-order chi connectivity index (χ1) is 11.3. The lowest BCUT2D eigenvalue weighted by Crippen LogP contribution is -2.37. The Morgan fingerprint density at radius 1 is 1.29 bits per heavy atom. The molecule has 1 aliphatic heterocycles. The van der Waals surface area contributed by atoms with Gasteiger partial charge in [-0.2, -0.15) is 13.2 Å². The summed E-state index contributed by atoms with van der Waals surface area (Å²) < 4.78 is 46.8. The van der Waals surface area contributed by atoms with E-state index in [1.165, 1.54) is 0 Å². The summed E-state index contributed by atoms with van der Waals surface area (Å²) in [5, 5.41) is 6.49. The first-order valence-corrected chi connectivity index (χ1v) is 7.60. The highest BCUT2D eigenvalue weighted by Gasteiger charge is 2.39. The van der Waals surface area contributed by atoms with Crippen LogP contribution in [0.25, 0.3) is 0 Å². The number of carbonyl (C=O) groups excluding carboxylic acids is 2. The highest BCUT2D eigenvalue weighted by Crippen LogP contribution is 2.32. The van der Waals surface area contributed by atoms with Crippen LogP contribution in [-0.4, -0.2) is 53.1 Å². The fourth-order valence-electron chi connectivity index (χ4n) is 2.53. The molecule has 24 heavy (non-hydrogen) atoms. The second kappa shape index (κ2) is 7.73. The monoisotopic (exact) mass is 349 g/mol. The Balaban J connectivity index is 1.80. The second-order valence-corrected chi connectivity index (χ2v) is 5.51. The van der Waals surface area contributed by atoms with Crippen molar-refractivity contribution in [2.45, 2.75) is 38.3 Å². The van der Waals surface area contributed by atoms with Crippen molar-refractivity contribution in [2.75, 3.05) is 26.2 Å². The highest BCUT2D eigenvalue weighted by atomic mass is 19.4. The molecule has 0 amide bonds. The van der Waals surface area contributed by atoms with Crippen LogP contribution in [-0.2, 0) is 20.5 Å². The first kappa shape index (κ1) is 18.4. The third-order valence-corrected chi connectivity index (χ3v) is 3.67. The number of nitrogens with zero attached hydrogens (tertiary/aromatic N) is 3. The molecule has 0 unspecified atom stereocenters. The first-order valence-electron chi connectivity index (χ1n) is 7.60. The summed E-state index contributed by atoms with van der Waals surface area (Å²) in [7, 11) is 0. The van der Waals surface area contributed by atoms with E-state index in [9.17, 15) is 22.8 Å². The van der Waals surface area contributed by atoms with E-state index in [4.69, 9.17) is 4.74 Å². The number of esters is 1. The van der Waals surface area contributed by atoms with Gasteiger partial charge in [0.15, 0.2) is 5.78 Å². The molecule has 2 rings (SSSR count). The predicted molar refractivity (Wildman–Crippen MR) is 74.0 cm³/mol. The third kappa shape index (κ3) is 5.02. The van der Waals surface area contributed by atoms with Gasteiger partial charge in [-0.05, 0) is 32.9 Å². The Kier molecular flexibility index (Phi) is 5.92. The Morgan fingerprint density at radius 3 is 2.50 bits per heavy atom. The van der Waals surface area contributed by atoms with Gasteiger partial charge in [-0.1, -0.05) is 0 Å². The molecule has 134 valence electrons. The summed E-state index contributed by atoms with van der Waals surface area (Å²) in [5.41, 5.74) is 0. The van der Waals surface area contributed by atoms with Gasteiger partial charge < -0.3 is 9.15 Å². The molecule has 0 saturated carbocycles. The normalized spacial score (nSPS) is 17.0. The van der Waals surface area contributed by atoms with Crippen LogP contribution in [0.3, 0.4) is 0 Å². The minimum atomic E-state index is -4.65. The fourth-order valence-corrected chi connectivity index (χ4v) is 2.53. The van der Waals surface area contributed by atoms with Crippen LogP contribution < -0.4 is 0 Å². The summed E-state index contributed by atoms with van der Waals surface area (Å²) in [4.78, 5) is 24.8. The van der Waals surface area contributed by atoms with Gasteiger partial charge in [-0.3, -0.25) is 14.5 Å². The van der Waals surface area contributed by atoms with E-state index in [0.717, 1.165) is 0 Å². The molecule has 0 spiro atoms. The lowest BCUT2D eigenvalue weighted by molar-refractivity contribution is -0.157. The van der Waals surface area contributed by atoms with E-state index in [0.29, 0.717) is 25.9 Å². The van der Waals surface area contributed by atoms with Gasteiger partial charge in [0.1, 0.15) is 6.42 Å². The predicted octanol–water partition coefficient (Wildman–Crippen LogP) is 1.79. The number of aromatic nitrogens is 2. The minimum Gasteiger partial charge on any atom is -0.466 e. The molecule has 0 N–H and O–H groups in total. The molecule has 0 bridgehead atoms. The van der Waals surface area contributed by atoms with Gasteiger partial charge in [0.25, 0.3) is 0 Å². The number of ketones is 1. The number of alkyl halides is 3. The Hall–Kier alpha value is -1.97. The molecular formula is C14H18F3N3O4. The number of hydrogen-bond acceptors (Lipinski definition) is 7. The number of hydrogen-bond donors (Lipinski definition) is 0. The van der Waals surface area contributed by atoms with Crippen LogP contribution in [0.15, 0.2) is 4.42 Å². The largest absolute Gasteiger partial charge is 0.470 e. The summed E-state index contributed by atoms with van der Waals surface area (Å²) in [6, 6.07) is 0. The molecule has 1 aromatic heterocycles. The van der Waals surface area contributed by atoms with Crippen molar-refractivity contribution in [3.63, 3.8) is 0 Å². The van der Waals surface area contributed by atoms with Crippen LogP contribution in [0.2, 0.25) is 0 Å². The van der Waals surface area contributed by atoms with Gasteiger partial charge in [0.05, 0.1) is 13.2 Å². The summed E-state index contributed by atoms with van der Waals surface area (Å²) >= 11 is 0. The number of carbonyl (C=O) groups is 2. The molecule has 0 aromatic carbocycles. The minimum absolute atomic E-state index is 0.0279. The zero-order valence-electron chi connectivity index (χ0n) is 13.1. The Morgan fingerprint density at radius 2 is 1.96 bits per heavy atom. The van der Waals surface area contributed by atoms with Gasteiger partial charge in [-0.15, -0.1) is 10.2 Å². The lowest BCUT2D eigenvalue weighted by atomic mass is 9.96. The number of Topliss-reactive ketones (excluding diaryl/α,β-unsaturated/α-hetero) is 1. The van der Waals surface area contributed by atoms with Crippen LogP contribution in [0.4, 0.5) is 13.2 Å². The van der Waals surface area contributed by atoms with Crippen molar-refractivity contribution < 1.29 is 31.9 Å². The molecule has 7 nitrogen and oxygen atoms in total. The highest BCUT2D eigenvalue weighted by molar-refractivity contribution is 5.96. The molecule has 0 aliphatic carbocycles. The van der Waals surface area contributed by atoms with Crippen LogP contribution in [0.1, 0.15) is 43.9 Å². The number of piperidine rings is 1. The average Bonchev–Trinajstić information content (AvgIpc) is 2.98. The van der Waals surface area contributed by atoms with Crippen molar-refractivity contribution in [3.05, 3.63) is 11.8 Å². The molecule has 1 saturated heterocycles. The standard InChI is InChI=1S/C14H18F3N3O4/c1-2-23-11(22)7-10(21)8-20-5-3-9(4-6-20)12-18-19-13(24-12)14(15,16)17/h9H,2-8H2,1H3. The molecule has 1 fully saturated rings. The van der Waals surface area contributed by atoms with Crippen molar-refractivity contribution >= 4 is 11.8 Å². The fraction of sp³-hybridized carbons (Fsp3) is 0.714. The van der Waals surface area contributed by atoms with E-state index >= 15 is 0 Å². The maximum atomic E-state index is 12.5. The van der Waals surface area contributed by atoms with Crippen molar-refractivity contribution in [2.24, 2.45) is 0 Å². The van der Waals surface area contributed by atoms with Crippen molar-refractivity contribution in [1.29, 1.82) is 0 Å². The van der Waals surface area contributed by atoms with Gasteiger partial charge in [-0.25, -0.2) is 0 Å². The van der Waals surface area contributed by atoms with Crippen LogP contribution in [0, 0.1) is 0 Å². The molecular weight excluding hydrogens is 331 g/mol. The Bertz CT molecular complexity index is 580. The van der Waals surface area contributed by atoms with Crippen molar-refractivity contribution in [1.82, 2.24) is 15.1 Å². The summed E-state index contributed by atoms with van der Waals surface area (Å²) in [6.07, 6.45) is -3.91. The molecule has 2 heterocycles. The lowest BCUT2D eigenvalue weighted by Gasteiger charge is -2.29. The van der Waals surface area contributed by atoms with E-state index < -0.39 is 18.0 Å². The SMILES string of the molecule is CCOC(=O)CC(=O)CN1CCC(c2nnc(C(F)(F)F)o2)CC1. The number of likely N-dealkylation sites (tertiary alicyclic amines) is 1. The van der Waals surface area contributed by atoms with E-state index in [2.05, 4.69) is 14.6 Å². The van der Waals surface area contributed by atoms with E-state index in [1.807, 2.05) is 4.90 Å². The van der Waals surface area contributed by atoms with Crippen LogP contribution >= 0.6 is 0 Å². The molecule has 0 radical (unpaired) electrons. The smallest absolute Gasteiger partial charge is 0.466 e. The quantitative estimate of drug-likeness (QED) is 0.572.